The van der Waals surface area contributed by atoms with Gasteiger partial charge < -0.3 is 14.6 Å². The predicted octanol–water partition coefficient (Wildman–Crippen LogP) is 17.8. The van der Waals surface area contributed by atoms with Crippen LogP contribution in [0.5, 0.6) is 0 Å². The number of aliphatic hydroxyl groups is 1. The van der Waals surface area contributed by atoms with E-state index in [1.54, 1.807) is 0 Å². The minimum atomic E-state index is -0.813. The first-order valence-electron chi connectivity index (χ1n) is 26.2. The molecule has 0 saturated carbocycles. The second kappa shape index (κ2) is 55.6. The van der Waals surface area contributed by atoms with Crippen molar-refractivity contribution in [3.05, 3.63) is 170 Å². The molecule has 0 rings (SSSR count). The van der Waals surface area contributed by atoms with Gasteiger partial charge in [-0.2, -0.15) is 0 Å². The Morgan fingerprint density at radius 2 is 0.642 bits per heavy atom. The summed E-state index contributed by atoms with van der Waals surface area (Å²) in [6.07, 6.45) is 87.4. The van der Waals surface area contributed by atoms with Gasteiger partial charge in [-0.1, -0.05) is 216 Å². The summed E-state index contributed by atoms with van der Waals surface area (Å²) in [7, 11) is 0. The van der Waals surface area contributed by atoms with Gasteiger partial charge >= 0.3 is 11.9 Å². The van der Waals surface area contributed by atoms with Crippen LogP contribution in [0.2, 0.25) is 0 Å². The number of carbonyl (C=O) groups is 2. The van der Waals surface area contributed by atoms with E-state index in [2.05, 4.69) is 184 Å². The van der Waals surface area contributed by atoms with Gasteiger partial charge in [0.2, 0.25) is 0 Å². The van der Waals surface area contributed by atoms with Crippen molar-refractivity contribution in [2.45, 2.75) is 193 Å². The van der Waals surface area contributed by atoms with Gasteiger partial charge in [0.25, 0.3) is 0 Å². The van der Waals surface area contributed by atoms with E-state index in [1.807, 2.05) is 0 Å². The van der Waals surface area contributed by atoms with Crippen molar-refractivity contribution in [1.82, 2.24) is 0 Å². The van der Waals surface area contributed by atoms with Crippen molar-refractivity contribution in [1.29, 1.82) is 0 Å². The van der Waals surface area contributed by atoms with E-state index < -0.39 is 6.10 Å². The molecule has 0 aliphatic heterocycles. The van der Waals surface area contributed by atoms with Crippen molar-refractivity contribution >= 4 is 11.9 Å². The average molecular weight is 919 g/mol. The summed E-state index contributed by atoms with van der Waals surface area (Å²) in [6, 6.07) is 0. The van der Waals surface area contributed by atoms with Crippen molar-refractivity contribution in [2.24, 2.45) is 0 Å². The lowest BCUT2D eigenvalue weighted by atomic mass is 10.1. The molecule has 0 aliphatic rings. The molecule has 0 aromatic rings. The maximum absolute atomic E-state index is 12.2. The normalized spacial score (nSPS) is 13.7. The number of allylic oxidation sites excluding steroid dienone is 28. The number of hydrogen-bond donors (Lipinski definition) is 1. The van der Waals surface area contributed by atoms with Crippen LogP contribution in [0, 0.1) is 0 Å². The third-order valence-corrected chi connectivity index (χ3v) is 10.2. The van der Waals surface area contributed by atoms with E-state index in [0.29, 0.717) is 12.8 Å². The Morgan fingerprint density at radius 3 is 1.00 bits per heavy atom. The molecule has 0 radical (unpaired) electrons. The van der Waals surface area contributed by atoms with Gasteiger partial charge in [0.05, 0.1) is 6.61 Å². The van der Waals surface area contributed by atoms with Crippen LogP contribution >= 0.6 is 0 Å². The molecule has 0 saturated heterocycles. The molecule has 1 atom stereocenters. The first kappa shape index (κ1) is 62.3. The van der Waals surface area contributed by atoms with Crippen LogP contribution in [0.3, 0.4) is 0 Å². The Bertz CT molecular complexity index is 1550. The molecule has 372 valence electrons. The number of esters is 2. The number of rotatable bonds is 45. The minimum absolute atomic E-state index is 0.102. The van der Waals surface area contributed by atoms with E-state index in [4.69, 9.17) is 9.47 Å². The molecule has 0 heterocycles. The van der Waals surface area contributed by atoms with E-state index in [-0.39, 0.29) is 31.6 Å². The SMILES string of the molecule is CC/C=C\C/C=C\C/C=C\C/C=C\C/C=C\C/C=C\C/C=C\C/C=C\C/C=C\C/C=C\C/C=C\C/C=C\CCCCC(=O)OC(CO)COC(=O)CCCCCCC/C=C\C/C=C\CCCC. The molecule has 5 heteroatoms. The van der Waals surface area contributed by atoms with Crippen LogP contribution in [-0.4, -0.2) is 36.4 Å². The highest BCUT2D eigenvalue weighted by Gasteiger charge is 2.16. The summed E-state index contributed by atoms with van der Waals surface area (Å²) in [5.41, 5.74) is 0. The zero-order chi connectivity index (χ0) is 48.5. The Kier molecular flexibility index (Phi) is 51.7. The van der Waals surface area contributed by atoms with Gasteiger partial charge in [-0.15, -0.1) is 0 Å². The first-order valence-corrected chi connectivity index (χ1v) is 26.2. The number of unbranched alkanes of at least 4 members (excludes halogenated alkanes) is 9. The summed E-state index contributed by atoms with van der Waals surface area (Å²) in [5, 5.41) is 9.60. The van der Waals surface area contributed by atoms with Crippen LogP contribution in [0.4, 0.5) is 0 Å². The molecule has 5 nitrogen and oxygen atoms in total. The maximum atomic E-state index is 12.2. The van der Waals surface area contributed by atoms with E-state index in [1.165, 1.54) is 25.7 Å². The van der Waals surface area contributed by atoms with Gasteiger partial charge in [0.1, 0.15) is 6.61 Å². The van der Waals surface area contributed by atoms with Crippen molar-refractivity contribution in [3.8, 4) is 0 Å². The summed E-state index contributed by atoms with van der Waals surface area (Å²) in [4.78, 5) is 24.4. The highest BCUT2D eigenvalue weighted by molar-refractivity contribution is 5.70. The van der Waals surface area contributed by atoms with Crippen molar-refractivity contribution in [2.75, 3.05) is 13.2 Å². The molecule has 1 unspecified atom stereocenters. The molecular weight excluding hydrogens is 825 g/mol. The molecule has 0 fully saturated rings. The number of carbonyl (C=O) groups excluding carboxylic acids is 2. The molecular formula is C62H94O5. The van der Waals surface area contributed by atoms with Gasteiger partial charge in [0.15, 0.2) is 6.10 Å². The van der Waals surface area contributed by atoms with Gasteiger partial charge in [-0.3, -0.25) is 9.59 Å². The van der Waals surface area contributed by atoms with E-state index >= 15 is 0 Å². The van der Waals surface area contributed by atoms with Crippen LogP contribution in [0.25, 0.3) is 0 Å². The summed E-state index contributed by atoms with van der Waals surface area (Å²) >= 11 is 0. The van der Waals surface area contributed by atoms with Gasteiger partial charge in [-0.05, 0) is 128 Å². The summed E-state index contributed by atoms with van der Waals surface area (Å²) in [5.74, 6) is -0.675. The van der Waals surface area contributed by atoms with Crippen molar-refractivity contribution in [3.63, 3.8) is 0 Å². The fourth-order valence-corrected chi connectivity index (χ4v) is 6.31. The summed E-state index contributed by atoms with van der Waals surface area (Å²) in [6.45, 7) is 3.91. The summed E-state index contributed by atoms with van der Waals surface area (Å²) < 4.78 is 10.6. The molecule has 0 aromatic carbocycles. The monoisotopic (exact) mass is 919 g/mol. The molecule has 0 aliphatic carbocycles. The standard InChI is InChI=1S/C62H94O5/c1-3-5-7-9-11-13-15-17-19-20-21-22-23-24-25-26-27-28-29-30-31-32-33-34-35-36-37-38-39-40-41-42-43-45-47-49-51-53-55-57-62(65)67-60(58-63)59-66-61(64)56-54-52-50-48-46-44-18-16-14-12-10-8-6-4-2/h5,7,10-13,16-19,21-22,24-25,27-28,30-31,33-34,36-37,39-40,42-43,47,49,60,63H,3-4,6,8-9,14-15,20,23,26,29,32,35,38,41,44-46,48,50-59H2,1-2H3/b7-5-,12-10-,13-11-,18-16-,19-17-,22-21-,25-24-,28-27-,31-30-,34-33-,37-36-,40-39-,43-42-,49-47-. The second-order valence-corrected chi connectivity index (χ2v) is 16.5. The smallest absolute Gasteiger partial charge is 0.306 e. The molecule has 0 aromatic heterocycles. The highest BCUT2D eigenvalue weighted by atomic mass is 16.6. The zero-order valence-corrected chi connectivity index (χ0v) is 42.3. The van der Waals surface area contributed by atoms with Crippen LogP contribution < -0.4 is 0 Å². The number of aliphatic hydroxyl groups excluding tert-OH is 1. The average Bonchev–Trinajstić information content (AvgIpc) is 3.33. The van der Waals surface area contributed by atoms with Crippen LogP contribution in [0.1, 0.15) is 187 Å². The first-order chi connectivity index (χ1) is 33.1. The Hall–Kier alpha value is -4.74. The predicted molar refractivity (Wildman–Crippen MR) is 292 cm³/mol. The van der Waals surface area contributed by atoms with Gasteiger partial charge in [-0.25, -0.2) is 0 Å². The Balaban J connectivity index is 3.74. The van der Waals surface area contributed by atoms with Gasteiger partial charge in [0, 0.05) is 12.8 Å². The second-order valence-electron chi connectivity index (χ2n) is 16.5. The fourth-order valence-electron chi connectivity index (χ4n) is 6.31. The van der Waals surface area contributed by atoms with Crippen molar-refractivity contribution < 1.29 is 24.2 Å². The Labute approximate surface area is 411 Å². The lowest BCUT2D eigenvalue weighted by Gasteiger charge is -2.15. The topological polar surface area (TPSA) is 72.8 Å². The maximum Gasteiger partial charge on any atom is 0.306 e. The van der Waals surface area contributed by atoms with Crippen LogP contribution in [0.15, 0.2) is 170 Å². The molecule has 67 heavy (non-hydrogen) atoms. The third kappa shape index (κ3) is 53.8. The zero-order valence-electron chi connectivity index (χ0n) is 42.3. The Morgan fingerprint density at radius 1 is 0.358 bits per heavy atom. The highest BCUT2D eigenvalue weighted by Crippen LogP contribution is 2.10. The van der Waals surface area contributed by atoms with E-state index in [0.717, 1.165) is 128 Å². The molecule has 0 amide bonds. The molecule has 0 bridgehead atoms. The van der Waals surface area contributed by atoms with E-state index in [9.17, 15) is 14.7 Å². The number of hydrogen-bond acceptors (Lipinski definition) is 5. The lowest BCUT2D eigenvalue weighted by Crippen LogP contribution is -2.28. The fraction of sp³-hybridized carbons (Fsp3) is 0.516. The number of ether oxygens (including phenoxy) is 2. The molecule has 0 spiro atoms. The largest absolute Gasteiger partial charge is 0.462 e. The van der Waals surface area contributed by atoms with Crippen LogP contribution in [-0.2, 0) is 19.1 Å². The minimum Gasteiger partial charge on any atom is -0.462 e. The molecule has 1 N–H and O–H groups in total. The lowest BCUT2D eigenvalue weighted by molar-refractivity contribution is -0.161. The quantitative estimate of drug-likeness (QED) is 0.0374. The third-order valence-electron chi connectivity index (χ3n) is 10.2.